The van der Waals surface area contributed by atoms with E-state index >= 15 is 0 Å². The van der Waals surface area contributed by atoms with Gasteiger partial charge in [0, 0.05) is 19.6 Å². The van der Waals surface area contributed by atoms with Crippen molar-refractivity contribution in [1.82, 2.24) is 0 Å². The van der Waals surface area contributed by atoms with Gasteiger partial charge in [-0.2, -0.15) is 0 Å². The van der Waals surface area contributed by atoms with Crippen LogP contribution in [0.25, 0.3) is 0 Å². The average Bonchev–Trinajstić information content (AvgIpc) is 2.30. The summed E-state index contributed by atoms with van der Waals surface area (Å²) in [6.07, 6.45) is 2.49. The van der Waals surface area contributed by atoms with Crippen LogP contribution >= 0.6 is 11.6 Å². The predicted octanol–water partition coefficient (Wildman–Crippen LogP) is 3.04. The van der Waals surface area contributed by atoms with E-state index in [0.29, 0.717) is 6.54 Å². The molecule has 1 aliphatic heterocycles. The van der Waals surface area contributed by atoms with E-state index in [1.807, 2.05) is 12.1 Å². The van der Waals surface area contributed by atoms with Crippen LogP contribution in [0.15, 0.2) is 18.2 Å². The summed E-state index contributed by atoms with van der Waals surface area (Å²) in [6.45, 7) is 5.06. The van der Waals surface area contributed by atoms with Gasteiger partial charge < -0.3 is 10.6 Å². The summed E-state index contributed by atoms with van der Waals surface area (Å²) in [5.74, 6) is 0.833. The van der Waals surface area contributed by atoms with E-state index in [-0.39, 0.29) is 0 Å². The highest BCUT2D eigenvalue weighted by molar-refractivity contribution is 6.33. The van der Waals surface area contributed by atoms with Crippen LogP contribution in [-0.2, 0) is 6.54 Å². The molecule has 0 aliphatic carbocycles. The van der Waals surface area contributed by atoms with Gasteiger partial charge in [-0.3, -0.25) is 0 Å². The molecule has 88 valence electrons. The molecule has 0 aromatic heterocycles. The Morgan fingerprint density at radius 3 is 2.69 bits per heavy atom. The van der Waals surface area contributed by atoms with E-state index < -0.39 is 0 Å². The van der Waals surface area contributed by atoms with Crippen molar-refractivity contribution in [2.24, 2.45) is 11.7 Å². The maximum atomic E-state index is 6.28. The molecule has 16 heavy (non-hydrogen) atoms. The third kappa shape index (κ3) is 2.33. The first-order valence-electron chi connectivity index (χ1n) is 5.94. The second-order valence-electron chi connectivity index (χ2n) is 4.62. The first-order chi connectivity index (χ1) is 7.72. The average molecular weight is 239 g/mol. The van der Waals surface area contributed by atoms with Crippen LogP contribution < -0.4 is 10.6 Å². The maximum Gasteiger partial charge on any atom is 0.0642 e. The Morgan fingerprint density at radius 2 is 2.06 bits per heavy atom. The summed E-state index contributed by atoms with van der Waals surface area (Å²) >= 11 is 6.28. The lowest BCUT2D eigenvalue weighted by Crippen LogP contribution is -2.33. The third-order valence-corrected chi connectivity index (χ3v) is 3.70. The first-order valence-corrected chi connectivity index (χ1v) is 6.32. The second kappa shape index (κ2) is 5.07. The molecule has 2 N–H and O–H groups in total. The molecule has 1 saturated heterocycles. The van der Waals surface area contributed by atoms with Crippen molar-refractivity contribution in [2.75, 3.05) is 18.0 Å². The Hall–Kier alpha value is -0.730. The molecule has 2 nitrogen and oxygen atoms in total. The first kappa shape index (κ1) is 11.7. The number of nitrogens with zero attached hydrogens (tertiary/aromatic N) is 1. The summed E-state index contributed by atoms with van der Waals surface area (Å²) in [4.78, 5) is 2.38. The van der Waals surface area contributed by atoms with E-state index in [1.54, 1.807) is 0 Å². The summed E-state index contributed by atoms with van der Waals surface area (Å²) in [6, 6.07) is 5.99. The molecule has 1 heterocycles. The summed E-state index contributed by atoms with van der Waals surface area (Å²) in [7, 11) is 0. The van der Waals surface area contributed by atoms with Gasteiger partial charge in [-0.1, -0.05) is 30.7 Å². The minimum Gasteiger partial charge on any atom is -0.370 e. The van der Waals surface area contributed by atoms with Crippen LogP contribution in [0.3, 0.4) is 0 Å². The Balaban J connectivity index is 2.25. The highest BCUT2D eigenvalue weighted by atomic mass is 35.5. The lowest BCUT2D eigenvalue weighted by molar-refractivity contribution is 0.438. The van der Waals surface area contributed by atoms with Gasteiger partial charge in [-0.15, -0.1) is 0 Å². The van der Waals surface area contributed by atoms with Crippen molar-refractivity contribution >= 4 is 17.3 Å². The fourth-order valence-corrected chi connectivity index (χ4v) is 2.62. The minimum absolute atomic E-state index is 0.557. The fraction of sp³-hybridized carbons (Fsp3) is 0.538. The van der Waals surface area contributed by atoms with E-state index in [4.69, 9.17) is 17.3 Å². The third-order valence-electron chi connectivity index (χ3n) is 3.39. The molecule has 0 spiro atoms. The zero-order chi connectivity index (χ0) is 11.5. The molecule has 1 aliphatic rings. The fourth-order valence-electron chi connectivity index (χ4n) is 2.31. The predicted molar refractivity (Wildman–Crippen MR) is 70.0 cm³/mol. The van der Waals surface area contributed by atoms with Crippen LogP contribution in [-0.4, -0.2) is 13.1 Å². The van der Waals surface area contributed by atoms with Gasteiger partial charge in [0.15, 0.2) is 0 Å². The normalized spacial score (nSPS) is 17.8. The second-order valence-corrected chi connectivity index (χ2v) is 5.03. The zero-order valence-electron chi connectivity index (χ0n) is 9.75. The molecule has 0 radical (unpaired) electrons. The molecule has 0 amide bonds. The van der Waals surface area contributed by atoms with Crippen LogP contribution in [0.5, 0.6) is 0 Å². The molecule has 0 saturated carbocycles. The van der Waals surface area contributed by atoms with Gasteiger partial charge in [-0.05, 0) is 30.4 Å². The van der Waals surface area contributed by atoms with Crippen molar-refractivity contribution in [3.8, 4) is 0 Å². The summed E-state index contributed by atoms with van der Waals surface area (Å²) in [5.41, 5.74) is 8.07. The molecule has 0 unspecified atom stereocenters. The topological polar surface area (TPSA) is 29.3 Å². The molecular weight excluding hydrogens is 220 g/mol. The summed E-state index contributed by atoms with van der Waals surface area (Å²) in [5, 5.41) is 0.831. The van der Waals surface area contributed by atoms with Crippen LogP contribution in [0, 0.1) is 5.92 Å². The molecule has 0 atom stereocenters. The van der Waals surface area contributed by atoms with Gasteiger partial charge in [0.25, 0.3) is 0 Å². The van der Waals surface area contributed by atoms with Gasteiger partial charge in [0.1, 0.15) is 0 Å². The molecule has 1 aromatic carbocycles. The number of benzene rings is 1. The monoisotopic (exact) mass is 238 g/mol. The Morgan fingerprint density at radius 1 is 1.38 bits per heavy atom. The highest BCUT2D eigenvalue weighted by Gasteiger charge is 2.19. The maximum absolute atomic E-state index is 6.28. The minimum atomic E-state index is 0.557. The molecule has 3 heteroatoms. The largest absolute Gasteiger partial charge is 0.370 e. The molecule has 1 fully saturated rings. The van der Waals surface area contributed by atoms with Crippen molar-refractivity contribution in [3.63, 3.8) is 0 Å². The Kier molecular flexibility index (Phi) is 3.72. The molecule has 2 rings (SSSR count). The van der Waals surface area contributed by atoms with E-state index in [0.717, 1.165) is 35.3 Å². The van der Waals surface area contributed by atoms with E-state index in [9.17, 15) is 0 Å². The highest BCUT2D eigenvalue weighted by Crippen LogP contribution is 2.32. The smallest absolute Gasteiger partial charge is 0.0642 e. The van der Waals surface area contributed by atoms with Gasteiger partial charge in [0.05, 0.1) is 10.7 Å². The van der Waals surface area contributed by atoms with Crippen LogP contribution in [0.1, 0.15) is 25.3 Å². The number of nitrogens with two attached hydrogens (primary N) is 1. The number of hydrogen-bond acceptors (Lipinski definition) is 2. The van der Waals surface area contributed by atoms with E-state index in [2.05, 4.69) is 17.9 Å². The van der Waals surface area contributed by atoms with Crippen LogP contribution in [0.4, 0.5) is 5.69 Å². The lowest BCUT2D eigenvalue weighted by Gasteiger charge is -2.34. The standard InChI is InChI=1S/C13H19ClN2/c1-10-5-7-16(8-6-10)13-11(9-15)3-2-4-12(13)14/h2-4,10H,5-9,15H2,1H3. The lowest BCUT2D eigenvalue weighted by atomic mass is 9.98. The zero-order valence-corrected chi connectivity index (χ0v) is 10.5. The van der Waals surface area contributed by atoms with Gasteiger partial charge in [0.2, 0.25) is 0 Å². The Bertz CT molecular complexity index is 357. The van der Waals surface area contributed by atoms with Crippen molar-refractivity contribution in [1.29, 1.82) is 0 Å². The number of para-hydroxylation sites is 1. The van der Waals surface area contributed by atoms with Gasteiger partial charge >= 0.3 is 0 Å². The van der Waals surface area contributed by atoms with E-state index in [1.165, 1.54) is 12.8 Å². The number of rotatable bonds is 2. The quantitative estimate of drug-likeness (QED) is 0.858. The molecule has 1 aromatic rings. The van der Waals surface area contributed by atoms with Crippen molar-refractivity contribution < 1.29 is 0 Å². The molecular formula is C13H19ClN2. The van der Waals surface area contributed by atoms with Crippen LogP contribution in [0.2, 0.25) is 5.02 Å². The number of anilines is 1. The number of hydrogen-bond donors (Lipinski definition) is 1. The van der Waals surface area contributed by atoms with Gasteiger partial charge in [-0.25, -0.2) is 0 Å². The number of halogens is 1. The van der Waals surface area contributed by atoms with Crippen molar-refractivity contribution in [2.45, 2.75) is 26.3 Å². The molecule has 0 bridgehead atoms. The summed E-state index contributed by atoms with van der Waals surface area (Å²) < 4.78 is 0. The number of piperidine rings is 1. The van der Waals surface area contributed by atoms with Crippen molar-refractivity contribution in [3.05, 3.63) is 28.8 Å². The Labute approximate surface area is 102 Å². The SMILES string of the molecule is CC1CCN(c2c(Cl)cccc2CN)CC1.